The average molecular weight is 306 g/mol. The molecule has 7 heteroatoms. The van der Waals surface area contributed by atoms with Gasteiger partial charge in [0.25, 0.3) is 0 Å². The molecule has 0 aromatic carbocycles. The minimum Gasteiger partial charge on any atom is -0.481 e. The first-order valence-corrected chi connectivity index (χ1v) is 7.73. The first kappa shape index (κ1) is 14.9. The van der Waals surface area contributed by atoms with Crippen LogP contribution in [0, 0.1) is 11.3 Å². The van der Waals surface area contributed by atoms with E-state index in [-0.39, 0.29) is 18.6 Å². The van der Waals surface area contributed by atoms with Crippen molar-refractivity contribution >= 4 is 17.8 Å². The lowest BCUT2D eigenvalue weighted by atomic mass is 9.90. The molecule has 1 aliphatic heterocycles. The van der Waals surface area contributed by atoms with Crippen molar-refractivity contribution in [2.45, 2.75) is 39.2 Å². The van der Waals surface area contributed by atoms with Crippen LogP contribution in [0.2, 0.25) is 0 Å². The summed E-state index contributed by atoms with van der Waals surface area (Å²) in [5.41, 5.74) is -0.848. The maximum atomic E-state index is 12.4. The quantitative estimate of drug-likeness (QED) is 0.892. The second-order valence-corrected chi connectivity index (χ2v) is 6.71. The predicted octanol–water partition coefficient (Wildman–Crippen LogP) is 2.18. The van der Waals surface area contributed by atoms with Crippen LogP contribution in [0.4, 0.5) is 10.6 Å². The van der Waals surface area contributed by atoms with Crippen molar-refractivity contribution in [3.05, 3.63) is 12.3 Å². The lowest BCUT2D eigenvalue weighted by molar-refractivity contribution is -0.146. The molecule has 1 saturated carbocycles. The van der Waals surface area contributed by atoms with E-state index in [4.69, 9.17) is 0 Å². The van der Waals surface area contributed by atoms with Gasteiger partial charge in [0, 0.05) is 19.2 Å². The van der Waals surface area contributed by atoms with Crippen LogP contribution in [-0.4, -0.2) is 44.9 Å². The fourth-order valence-electron chi connectivity index (χ4n) is 3.01. The molecule has 22 heavy (non-hydrogen) atoms. The molecule has 120 valence electrons. The van der Waals surface area contributed by atoms with Gasteiger partial charge in [0.05, 0.1) is 17.7 Å². The monoisotopic (exact) mass is 306 g/mol. The zero-order valence-corrected chi connectivity index (χ0v) is 13.0. The molecule has 2 amide bonds. The molecular weight excluding hydrogens is 284 g/mol. The van der Waals surface area contributed by atoms with Crippen molar-refractivity contribution in [1.29, 1.82) is 0 Å². The fourth-order valence-corrected chi connectivity index (χ4v) is 3.01. The Morgan fingerprint density at radius 2 is 2.23 bits per heavy atom. The highest BCUT2D eigenvalue weighted by Gasteiger charge is 2.42. The van der Waals surface area contributed by atoms with Gasteiger partial charge in [-0.05, 0) is 39.0 Å². The first-order valence-electron chi connectivity index (χ1n) is 7.73. The van der Waals surface area contributed by atoms with Gasteiger partial charge in [0.1, 0.15) is 5.82 Å². The second-order valence-electron chi connectivity index (χ2n) is 6.71. The lowest BCUT2D eigenvalue weighted by Crippen LogP contribution is -2.37. The summed E-state index contributed by atoms with van der Waals surface area (Å²) in [7, 11) is 0. The molecule has 1 aromatic rings. The normalized spacial score (nSPS) is 26.0. The van der Waals surface area contributed by atoms with Gasteiger partial charge in [-0.25, -0.2) is 9.48 Å². The number of carbonyl (C=O) groups excluding carboxylic acids is 1. The Hall–Kier alpha value is -2.05. The van der Waals surface area contributed by atoms with E-state index in [0.717, 1.165) is 0 Å². The maximum absolute atomic E-state index is 12.4. The summed E-state index contributed by atoms with van der Waals surface area (Å²) in [5.74, 6) is 0.459. The third kappa shape index (κ3) is 2.67. The molecule has 1 aromatic heterocycles. The van der Waals surface area contributed by atoms with Gasteiger partial charge >= 0.3 is 12.0 Å². The number of carboxylic acid groups (broad SMARTS) is 1. The van der Waals surface area contributed by atoms with E-state index in [1.165, 1.54) is 12.8 Å². The number of nitrogens with one attached hydrogen (secondary N) is 1. The molecule has 3 rings (SSSR count). The van der Waals surface area contributed by atoms with Crippen molar-refractivity contribution in [2.24, 2.45) is 11.3 Å². The topological polar surface area (TPSA) is 87.5 Å². The first-order chi connectivity index (χ1) is 10.4. The van der Waals surface area contributed by atoms with Crippen LogP contribution in [0.3, 0.4) is 0 Å². The average Bonchev–Trinajstić information content (AvgIpc) is 3.09. The van der Waals surface area contributed by atoms with E-state index in [1.807, 2.05) is 4.68 Å². The van der Waals surface area contributed by atoms with Gasteiger partial charge in [-0.15, -0.1) is 0 Å². The number of likely N-dealkylation sites (tertiary alicyclic amines) is 1. The molecule has 2 heterocycles. The van der Waals surface area contributed by atoms with Gasteiger partial charge in [0.15, 0.2) is 0 Å². The molecule has 0 radical (unpaired) electrons. The number of aromatic nitrogens is 2. The Morgan fingerprint density at radius 3 is 2.82 bits per heavy atom. The lowest BCUT2D eigenvalue weighted by Gasteiger charge is -2.21. The number of carboxylic acids is 1. The highest BCUT2D eigenvalue weighted by atomic mass is 16.4. The van der Waals surface area contributed by atoms with Crippen molar-refractivity contribution in [2.75, 3.05) is 18.4 Å². The minimum atomic E-state index is -0.852. The summed E-state index contributed by atoms with van der Waals surface area (Å²) >= 11 is 0. The van der Waals surface area contributed by atoms with Crippen molar-refractivity contribution in [3.63, 3.8) is 0 Å². The van der Waals surface area contributed by atoms with E-state index in [9.17, 15) is 14.7 Å². The van der Waals surface area contributed by atoms with E-state index >= 15 is 0 Å². The number of hydrogen-bond donors (Lipinski definition) is 2. The summed E-state index contributed by atoms with van der Waals surface area (Å²) in [6.07, 6.45) is 4.57. The SMILES string of the molecule is CC(C1CC1)n1nccc1NC(=O)N1CCC(C)(C(=O)O)C1. The van der Waals surface area contributed by atoms with Crippen LogP contribution in [0.1, 0.15) is 39.2 Å². The summed E-state index contributed by atoms with van der Waals surface area (Å²) in [6, 6.07) is 1.80. The van der Waals surface area contributed by atoms with E-state index in [2.05, 4.69) is 17.3 Å². The molecule has 7 nitrogen and oxygen atoms in total. The highest BCUT2D eigenvalue weighted by molar-refractivity contribution is 5.89. The standard InChI is InChI=1S/C15H22N4O3/c1-10(11-3-4-11)19-12(5-7-16-19)17-14(22)18-8-6-15(2,9-18)13(20)21/h5,7,10-11H,3-4,6,8-9H2,1-2H3,(H,17,22)(H,20,21). The highest BCUT2D eigenvalue weighted by Crippen LogP contribution is 2.40. The molecule has 0 spiro atoms. The molecule has 1 saturated heterocycles. The van der Waals surface area contributed by atoms with Crippen LogP contribution in [0.15, 0.2) is 12.3 Å². The molecule has 2 aliphatic rings. The summed E-state index contributed by atoms with van der Waals surface area (Å²) in [6.45, 7) is 4.49. The maximum Gasteiger partial charge on any atom is 0.323 e. The van der Waals surface area contributed by atoms with E-state index in [1.54, 1.807) is 24.1 Å². The van der Waals surface area contributed by atoms with E-state index in [0.29, 0.717) is 24.7 Å². The summed E-state index contributed by atoms with van der Waals surface area (Å²) in [4.78, 5) is 25.2. The fraction of sp³-hybridized carbons (Fsp3) is 0.667. The van der Waals surface area contributed by atoms with Crippen LogP contribution in [0.25, 0.3) is 0 Å². The predicted molar refractivity (Wildman–Crippen MR) is 80.6 cm³/mol. The van der Waals surface area contributed by atoms with Crippen LogP contribution in [-0.2, 0) is 4.79 Å². The van der Waals surface area contributed by atoms with Crippen LogP contribution in [0.5, 0.6) is 0 Å². The van der Waals surface area contributed by atoms with Gasteiger partial charge in [-0.2, -0.15) is 5.10 Å². The molecule has 2 N–H and O–H groups in total. The molecular formula is C15H22N4O3. The third-order valence-electron chi connectivity index (χ3n) is 4.87. The van der Waals surface area contributed by atoms with Crippen molar-refractivity contribution < 1.29 is 14.7 Å². The smallest absolute Gasteiger partial charge is 0.323 e. The number of urea groups is 1. The summed E-state index contributed by atoms with van der Waals surface area (Å²) < 4.78 is 1.85. The molecule has 2 fully saturated rings. The van der Waals surface area contributed by atoms with Gasteiger partial charge < -0.3 is 10.0 Å². The Bertz CT molecular complexity index is 595. The number of anilines is 1. The minimum absolute atomic E-state index is 0.237. The van der Waals surface area contributed by atoms with Crippen molar-refractivity contribution in [1.82, 2.24) is 14.7 Å². The summed E-state index contributed by atoms with van der Waals surface area (Å²) in [5, 5.41) is 16.4. The zero-order chi connectivity index (χ0) is 15.9. The number of carbonyl (C=O) groups is 2. The number of nitrogens with zero attached hydrogens (tertiary/aromatic N) is 3. The number of rotatable bonds is 4. The van der Waals surface area contributed by atoms with E-state index < -0.39 is 11.4 Å². The Balaban J connectivity index is 1.66. The molecule has 2 atom stereocenters. The number of aliphatic carboxylic acids is 1. The largest absolute Gasteiger partial charge is 0.481 e. The van der Waals surface area contributed by atoms with Crippen molar-refractivity contribution in [3.8, 4) is 0 Å². The number of hydrogen-bond acceptors (Lipinski definition) is 3. The Kier molecular flexibility index (Phi) is 3.58. The van der Waals surface area contributed by atoms with Crippen LogP contribution < -0.4 is 5.32 Å². The molecule has 1 aliphatic carbocycles. The van der Waals surface area contributed by atoms with Crippen LogP contribution >= 0.6 is 0 Å². The third-order valence-corrected chi connectivity index (χ3v) is 4.87. The van der Waals surface area contributed by atoms with Gasteiger partial charge in [-0.1, -0.05) is 0 Å². The molecule has 0 bridgehead atoms. The van der Waals surface area contributed by atoms with Gasteiger partial charge in [-0.3, -0.25) is 10.1 Å². The zero-order valence-electron chi connectivity index (χ0n) is 13.0. The second kappa shape index (κ2) is 5.30. The number of amides is 2. The Morgan fingerprint density at radius 1 is 1.50 bits per heavy atom. The van der Waals surface area contributed by atoms with Gasteiger partial charge in [0.2, 0.25) is 0 Å². The Labute approximate surface area is 129 Å². The molecule has 2 unspecified atom stereocenters.